The maximum absolute atomic E-state index is 13.0. The van der Waals surface area contributed by atoms with Gasteiger partial charge in [-0.25, -0.2) is 0 Å². The minimum absolute atomic E-state index is 0.101. The van der Waals surface area contributed by atoms with Gasteiger partial charge in [-0.3, -0.25) is 9.69 Å². The van der Waals surface area contributed by atoms with E-state index in [2.05, 4.69) is 22.9 Å². The van der Waals surface area contributed by atoms with Crippen molar-refractivity contribution < 1.29 is 13.9 Å². The second-order valence-electron chi connectivity index (χ2n) is 7.77. The molecule has 5 rings (SSSR count). The van der Waals surface area contributed by atoms with Crippen LogP contribution in [0.4, 0.5) is 0 Å². The Labute approximate surface area is 211 Å². The average molecular weight is 509 g/mol. The summed E-state index contributed by atoms with van der Waals surface area (Å²) in [5.41, 5.74) is 2.10. The van der Waals surface area contributed by atoms with Crippen LogP contribution in [0.25, 0.3) is 17.0 Å². The van der Waals surface area contributed by atoms with Crippen LogP contribution in [0.2, 0.25) is 5.02 Å². The van der Waals surface area contributed by atoms with E-state index in [1.54, 1.807) is 17.2 Å². The highest BCUT2D eigenvalue weighted by atomic mass is 35.5. The number of ether oxygens (including phenoxy) is 1. The third-order valence-electron chi connectivity index (χ3n) is 5.51. The van der Waals surface area contributed by atoms with Gasteiger partial charge in [-0.15, -0.1) is 0 Å². The number of aryl methyl sites for hydroxylation is 1. The molecule has 34 heavy (non-hydrogen) atoms. The first kappa shape index (κ1) is 22.8. The van der Waals surface area contributed by atoms with Gasteiger partial charge in [-0.05, 0) is 42.8 Å². The molecule has 4 aromatic rings. The van der Waals surface area contributed by atoms with Gasteiger partial charge in [0, 0.05) is 29.2 Å². The summed E-state index contributed by atoms with van der Waals surface area (Å²) in [6.07, 6.45) is 6.42. The monoisotopic (exact) mass is 508 g/mol. The largest absolute Gasteiger partial charge is 0.492 e. The van der Waals surface area contributed by atoms with E-state index in [0.29, 0.717) is 38.9 Å². The molecule has 2 aromatic heterocycles. The number of hydrogen-bond acceptors (Lipinski definition) is 5. The molecule has 0 aliphatic carbocycles. The Bertz CT molecular complexity index is 1380. The zero-order valence-corrected chi connectivity index (χ0v) is 20.5. The molecule has 8 heteroatoms. The smallest absolute Gasteiger partial charge is 0.266 e. The van der Waals surface area contributed by atoms with Crippen LogP contribution >= 0.6 is 35.6 Å². The molecule has 1 amide bonds. The number of aromatic nitrogens is 1. The fourth-order valence-electron chi connectivity index (χ4n) is 3.89. The molecule has 0 unspecified atom stereocenters. The van der Waals surface area contributed by atoms with Crippen LogP contribution in [-0.2, 0) is 17.9 Å². The zero-order chi connectivity index (χ0) is 23.5. The highest BCUT2D eigenvalue weighted by Crippen LogP contribution is 2.35. The van der Waals surface area contributed by atoms with Gasteiger partial charge in [0.1, 0.15) is 15.8 Å². The lowest BCUT2D eigenvalue weighted by atomic mass is 10.1. The number of thiocarbonyl (C=S) groups is 1. The second-order valence-corrected chi connectivity index (χ2v) is 9.86. The molecule has 1 fully saturated rings. The number of furan rings is 1. The maximum Gasteiger partial charge on any atom is 0.266 e. The first-order valence-electron chi connectivity index (χ1n) is 10.8. The molecule has 2 aromatic carbocycles. The number of thioether (sulfide) groups is 1. The van der Waals surface area contributed by atoms with Crippen LogP contribution in [0, 0.1) is 0 Å². The maximum atomic E-state index is 13.0. The van der Waals surface area contributed by atoms with Crippen LogP contribution < -0.4 is 4.74 Å². The SMILES string of the molecule is O=C1/C(=C/c2cn(CCCOc3ccccc3Cl)c3ccccc23)SC(=S)N1Cc1ccco1. The van der Waals surface area contributed by atoms with Crippen molar-refractivity contribution >= 4 is 62.8 Å². The van der Waals surface area contributed by atoms with E-state index >= 15 is 0 Å². The minimum atomic E-state index is -0.101. The normalized spacial score (nSPS) is 15.1. The van der Waals surface area contributed by atoms with Gasteiger partial charge in [-0.2, -0.15) is 0 Å². The van der Waals surface area contributed by atoms with Crippen LogP contribution in [0.1, 0.15) is 17.7 Å². The van der Waals surface area contributed by atoms with Crippen LogP contribution in [0.5, 0.6) is 5.75 Å². The van der Waals surface area contributed by atoms with Crippen molar-refractivity contribution in [2.24, 2.45) is 0 Å². The summed E-state index contributed by atoms with van der Waals surface area (Å²) in [5.74, 6) is 1.29. The van der Waals surface area contributed by atoms with Crippen LogP contribution in [0.3, 0.4) is 0 Å². The highest BCUT2D eigenvalue weighted by Gasteiger charge is 2.32. The Hall–Kier alpha value is -3.00. The fourth-order valence-corrected chi connectivity index (χ4v) is 5.33. The van der Waals surface area contributed by atoms with Crippen molar-refractivity contribution in [3.05, 3.63) is 94.4 Å². The summed E-state index contributed by atoms with van der Waals surface area (Å²) in [6, 6.07) is 19.3. The number of carbonyl (C=O) groups is 1. The van der Waals surface area contributed by atoms with Crippen molar-refractivity contribution in [3.63, 3.8) is 0 Å². The molecule has 0 radical (unpaired) electrons. The summed E-state index contributed by atoms with van der Waals surface area (Å²) in [7, 11) is 0. The molecule has 0 atom stereocenters. The molecule has 1 aliphatic heterocycles. The van der Waals surface area contributed by atoms with Gasteiger partial charge in [0.15, 0.2) is 0 Å². The number of amides is 1. The number of hydrogen-bond donors (Lipinski definition) is 0. The number of halogens is 1. The van der Waals surface area contributed by atoms with Crippen molar-refractivity contribution in [2.75, 3.05) is 6.61 Å². The minimum Gasteiger partial charge on any atom is -0.492 e. The number of carbonyl (C=O) groups excluding carboxylic acids is 1. The Morgan fingerprint density at radius 2 is 1.91 bits per heavy atom. The second kappa shape index (κ2) is 10.1. The molecule has 3 heterocycles. The third kappa shape index (κ3) is 4.78. The zero-order valence-electron chi connectivity index (χ0n) is 18.1. The van der Waals surface area contributed by atoms with E-state index < -0.39 is 0 Å². The lowest BCUT2D eigenvalue weighted by Crippen LogP contribution is -2.27. The predicted octanol–water partition coefficient (Wildman–Crippen LogP) is 6.76. The average Bonchev–Trinajstić information content (AvgIpc) is 3.54. The molecule has 0 bridgehead atoms. The van der Waals surface area contributed by atoms with Gasteiger partial charge in [0.25, 0.3) is 5.91 Å². The Kier molecular flexibility index (Phi) is 6.76. The van der Waals surface area contributed by atoms with Gasteiger partial charge in [0.2, 0.25) is 0 Å². The summed E-state index contributed by atoms with van der Waals surface area (Å²) < 4.78 is 13.9. The first-order chi connectivity index (χ1) is 16.6. The first-order valence-corrected chi connectivity index (χ1v) is 12.4. The molecular formula is C26H21ClN2O3S2. The summed E-state index contributed by atoms with van der Waals surface area (Å²) in [5, 5.41) is 1.70. The van der Waals surface area contributed by atoms with E-state index in [0.717, 1.165) is 29.4 Å². The fraction of sp³-hybridized carbons (Fsp3) is 0.154. The summed E-state index contributed by atoms with van der Waals surface area (Å²) in [4.78, 5) is 15.2. The molecule has 0 spiro atoms. The number of para-hydroxylation sites is 2. The number of nitrogens with zero attached hydrogens (tertiary/aromatic N) is 2. The molecule has 0 saturated carbocycles. The van der Waals surface area contributed by atoms with Crippen molar-refractivity contribution in [2.45, 2.75) is 19.5 Å². The van der Waals surface area contributed by atoms with Crippen molar-refractivity contribution in [1.82, 2.24) is 9.47 Å². The van der Waals surface area contributed by atoms with Crippen LogP contribution in [-0.4, -0.2) is 26.3 Å². The number of fused-ring (bicyclic) bond motifs is 1. The predicted molar refractivity (Wildman–Crippen MR) is 141 cm³/mol. The summed E-state index contributed by atoms with van der Waals surface area (Å²) >= 11 is 13.0. The lowest BCUT2D eigenvalue weighted by Gasteiger charge is -2.11. The summed E-state index contributed by atoms with van der Waals surface area (Å²) in [6.45, 7) is 1.66. The van der Waals surface area contributed by atoms with Crippen LogP contribution in [0.15, 0.2) is 82.4 Å². The standard InChI is InChI=1S/C26H21ClN2O3S2/c27-21-9-2-4-11-23(21)32-14-6-12-28-16-18(20-8-1-3-10-22(20)28)15-24-25(30)29(26(33)34-24)17-19-7-5-13-31-19/h1-5,7-11,13,15-16H,6,12,14,17H2/b24-15-. The third-order valence-corrected chi connectivity index (χ3v) is 7.20. The highest BCUT2D eigenvalue weighted by molar-refractivity contribution is 8.26. The number of benzene rings is 2. The van der Waals surface area contributed by atoms with E-state index in [4.69, 9.17) is 33.0 Å². The topological polar surface area (TPSA) is 47.6 Å². The number of rotatable bonds is 8. The molecule has 5 nitrogen and oxygen atoms in total. The van der Waals surface area contributed by atoms with Gasteiger partial charge >= 0.3 is 0 Å². The molecular weight excluding hydrogens is 488 g/mol. The Morgan fingerprint density at radius 1 is 1.09 bits per heavy atom. The van der Waals surface area contributed by atoms with Gasteiger partial charge in [0.05, 0.1) is 29.3 Å². The van der Waals surface area contributed by atoms with E-state index in [1.807, 2.05) is 48.5 Å². The quantitative estimate of drug-likeness (QED) is 0.149. The Morgan fingerprint density at radius 3 is 2.74 bits per heavy atom. The van der Waals surface area contributed by atoms with E-state index in [9.17, 15) is 4.79 Å². The Balaban J connectivity index is 1.32. The van der Waals surface area contributed by atoms with Crippen molar-refractivity contribution in [1.29, 1.82) is 0 Å². The van der Waals surface area contributed by atoms with Gasteiger partial charge in [-0.1, -0.05) is 65.9 Å². The van der Waals surface area contributed by atoms with Gasteiger partial charge < -0.3 is 13.7 Å². The van der Waals surface area contributed by atoms with E-state index in [-0.39, 0.29) is 5.91 Å². The molecule has 0 N–H and O–H groups in total. The van der Waals surface area contributed by atoms with E-state index in [1.165, 1.54) is 11.8 Å². The van der Waals surface area contributed by atoms with Crippen molar-refractivity contribution in [3.8, 4) is 5.75 Å². The lowest BCUT2D eigenvalue weighted by molar-refractivity contribution is -0.122. The molecule has 1 saturated heterocycles. The molecule has 1 aliphatic rings. The molecule has 172 valence electrons.